The number of carbonyl (C=O) groups excluding carboxylic acids is 2. The molecule has 1 amide bonds. The summed E-state index contributed by atoms with van der Waals surface area (Å²) in [7, 11) is -2.39. The number of nitrogens with zero attached hydrogens (tertiary/aromatic N) is 1. The summed E-state index contributed by atoms with van der Waals surface area (Å²) in [6, 6.07) is 10.2. The lowest BCUT2D eigenvalue weighted by Crippen LogP contribution is -2.48. The monoisotopic (exact) mass is 480 g/mol. The number of anilines is 1. The van der Waals surface area contributed by atoms with Gasteiger partial charge >= 0.3 is 5.97 Å². The molecule has 172 valence electrons. The van der Waals surface area contributed by atoms with Crippen molar-refractivity contribution in [3.8, 4) is 5.75 Å². The molecule has 1 saturated heterocycles. The molecule has 2 aromatic rings. The van der Waals surface area contributed by atoms with Crippen molar-refractivity contribution in [1.29, 1.82) is 0 Å². The van der Waals surface area contributed by atoms with E-state index in [0.29, 0.717) is 35.7 Å². The summed E-state index contributed by atoms with van der Waals surface area (Å²) in [4.78, 5) is 25.0. The smallest absolute Gasteiger partial charge is 0.324 e. The topological polar surface area (TPSA) is 102 Å². The van der Waals surface area contributed by atoms with Crippen molar-refractivity contribution < 1.29 is 27.5 Å². The molecule has 1 atom stereocenters. The lowest BCUT2D eigenvalue weighted by molar-refractivity contribution is -0.152. The third-order valence-electron chi connectivity index (χ3n) is 5.13. The molecule has 2 aromatic carbocycles. The Morgan fingerprint density at radius 2 is 1.88 bits per heavy atom. The van der Waals surface area contributed by atoms with Gasteiger partial charge in [-0.15, -0.1) is 0 Å². The lowest BCUT2D eigenvalue weighted by Gasteiger charge is -2.33. The largest absolute Gasteiger partial charge is 0.495 e. The molecule has 0 aliphatic carbocycles. The van der Waals surface area contributed by atoms with Crippen LogP contribution in [0.1, 0.15) is 24.8 Å². The number of rotatable bonds is 7. The van der Waals surface area contributed by atoms with Crippen LogP contribution in [0.5, 0.6) is 5.75 Å². The predicted octanol–water partition coefficient (Wildman–Crippen LogP) is 3.38. The Morgan fingerprint density at radius 1 is 1.16 bits per heavy atom. The molecular formula is C22H25ClN2O6S. The number of methoxy groups -OCH3 is 1. The zero-order valence-corrected chi connectivity index (χ0v) is 19.4. The molecule has 1 heterocycles. The number of nitrogens with one attached hydrogen (secondary N) is 1. The standard InChI is InChI=1S/C22H25ClN2O6S/c1-15-6-9-17(10-7-15)32(28,29)25-12-4-3-5-19(25)22(27)31-14-21(26)24-16-8-11-20(30-2)18(23)13-16/h6-11,13,19H,3-5,12,14H2,1-2H3,(H,24,26). The van der Waals surface area contributed by atoms with Gasteiger partial charge in [0, 0.05) is 12.2 Å². The number of halogens is 1. The predicted molar refractivity (Wildman–Crippen MR) is 120 cm³/mol. The molecule has 10 heteroatoms. The van der Waals surface area contributed by atoms with E-state index in [0.717, 1.165) is 5.56 Å². The molecule has 3 rings (SSSR count). The van der Waals surface area contributed by atoms with Crippen LogP contribution in [0, 0.1) is 6.92 Å². The first-order valence-electron chi connectivity index (χ1n) is 10.1. The molecule has 1 unspecified atom stereocenters. The van der Waals surface area contributed by atoms with Crippen LogP contribution in [0.3, 0.4) is 0 Å². The van der Waals surface area contributed by atoms with E-state index in [2.05, 4.69) is 5.32 Å². The second-order valence-electron chi connectivity index (χ2n) is 7.45. The van der Waals surface area contributed by atoms with Crippen LogP contribution in [0.15, 0.2) is 47.4 Å². The minimum atomic E-state index is -3.87. The van der Waals surface area contributed by atoms with E-state index >= 15 is 0 Å². The summed E-state index contributed by atoms with van der Waals surface area (Å²) in [5.74, 6) is -0.852. The first kappa shape index (κ1) is 24.0. The summed E-state index contributed by atoms with van der Waals surface area (Å²) < 4.78 is 37.6. The average molecular weight is 481 g/mol. The number of piperidine rings is 1. The normalized spacial score (nSPS) is 16.9. The molecular weight excluding hydrogens is 456 g/mol. The Bertz CT molecular complexity index is 1090. The maximum atomic E-state index is 13.1. The van der Waals surface area contributed by atoms with E-state index in [-0.39, 0.29) is 11.4 Å². The fourth-order valence-corrected chi connectivity index (χ4v) is 5.35. The highest BCUT2D eigenvalue weighted by atomic mass is 35.5. The number of hydrogen-bond acceptors (Lipinski definition) is 6. The fourth-order valence-electron chi connectivity index (χ4n) is 3.45. The van der Waals surface area contributed by atoms with Gasteiger partial charge in [0.2, 0.25) is 10.0 Å². The van der Waals surface area contributed by atoms with Gasteiger partial charge in [-0.05, 0) is 56.5 Å². The first-order valence-corrected chi connectivity index (χ1v) is 11.9. The van der Waals surface area contributed by atoms with Crippen molar-refractivity contribution >= 4 is 39.2 Å². The van der Waals surface area contributed by atoms with Crippen LogP contribution in [0.25, 0.3) is 0 Å². The number of hydrogen-bond donors (Lipinski definition) is 1. The van der Waals surface area contributed by atoms with Crippen LogP contribution in [-0.2, 0) is 24.3 Å². The Hall–Kier alpha value is -2.62. The minimum absolute atomic E-state index is 0.122. The summed E-state index contributed by atoms with van der Waals surface area (Å²) in [5.41, 5.74) is 1.35. The third-order valence-corrected chi connectivity index (χ3v) is 7.35. The highest BCUT2D eigenvalue weighted by Gasteiger charge is 2.38. The average Bonchev–Trinajstić information content (AvgIpc) is 2.78. The molecule has 1 N–H and O–H groups in total. The van der Waals surface area contributed by atoms with Crippen LogP contribution < -0.4 is 10.1 Å². The van der Waals surface area contributed by atoms with Gasteiger partial charge in [-0.25, -0.2) is 8.42 Å². The van der Waals surface area contributed by atoms with Gasteiger partial charge in [0.1, 0.15) is 11.8 Å². The quantitative estimate of drug-likeness (QED) is 0.609. The second kappa shape index (κ2) is 10.3. The van der Waals surface area contributed by atoms with Crippen molar-refractivity contribution in [3.63, 3.8) is 0 Å². The molecule has 8 nitrogen and oxygen atoms in total. The second-order valence-corrected chi connectivity index (χ2v) is 9.74. The van der Waals surface area contributed by atoms with E-state index in [1.807, 2.05) is 6.92 Å². The van der Waals surface area contributed by atoms with Crippen LogP contribution in [0.4, 0.5) is 5.69 Å². The molecule has 0 spiro atoms. The van der Waals surface area contributed by atoms with Crippen molar-refractivity contribution in [2.24, 2.45) is 0 Å². The maximum Gasteiger partial charge on any atom is 0.324 e. The van der Waals surface area contributed by atoms with Gasteiger partial charge in [-0.1, -0.05) is 29.3 Å². The Morgan fingerprint density at radius 3 is 2.53 bits per heavy atom. The molecule has 0 bridgehead atoms. The Balaban J connectivity index is 1.64. The number of carbonyl (C=O) groups is 2. The number of benzene rings is 2. The van der Waals surface area contributed by atoms with Crippen molar-refractivity contribution in [2.45, 2.75) is 37.1 Å². The number of aryl methyl sites for hydroxylation is 1. The Labute approximate surface area is 192 Å². The molecule has 0 radical (unpaired) electrons. The van der Waals surface area contributed by atoms with Crippen molar-refractivity contribution in [2.75, 3.05) is 25.6 Å². The summed E-state index contributed by atoms with van der Waals surface area (Å²) in [5, 5.41) is 2.90. The van der Waals surface area contributed by atoms with Crippen molar-refractivity contribution in [3.05, 3.63) is 53.1 Å². The molecule has 1 aliphatic rings. The number of amides is 1. The van der Waals surface area contributed by atoms with Gasteiger partial charge in [-0.3, -0.25) is 9.59 Å². The van der Waals surface area contributed by atoms with Gasteiger partial charge in [-0.2, -0.15) is 4.31 Å². The zero-order valence-electron chi connectivity index (χ0n) is 17.8. The number of ether oxygens (including phenoxy) is 2. The Kier molecular flexibility index (Phi) is 7.76. The zero-order chi connectivity index (χ0) is 23.3. The van der Waals surface area contributed by atoms with Crippen LogP contribution in [-0.4, -0.2) is 50.9 Å². The number of sulfonamides is 1. The van der Waals surface area contributed by atoms with E-state index in [1.54, 1.807) is 24.3 Å². The third kappa shape index (κ3) is 5.59. The summed E-state index contributed by atoms with van der Waals surface area (Å²) in [6.45, 7) is 1.53. The molecule has 1 aliphatic heterocycles. The van der Waals surface area contributed by atoms with Gasteiger partial charge in [0.25, 0.3) is 5.91 Å². The maximum absolute atomic E-state index is 13.1. The van der Waals surface area contributed by atoms with E-state index in [4.69, 9.17) is 21.1 Å². The van der Waals surface area contributed by atoms with Crippen LogP contribution in [0.2, 0.25) is 5.02 Å². The van der Waals surface area contributed by atoms with E-state index < -0.39 is 34.5 Å². The lowest BCUT2D eigenvalue weighted by atomic mass is 10.1. The fraction of sp³-hybridized carbons (Fsp3) is 0.364. The number of esters is 1. The summed E-state index contributed by atoms with van der Waals surface area (Å²) in [6.07, 6.45) is 1.67. The molecule has 1 fully saturated rings. The van der Waals surface area contributed by atoms with Gasteiger partial charge in [0.05, 0.1) is 17.0 Å². The van der Waals surface area contributed by atoms with E-state index in [9.17, 15) is 18.0 Å². The molecule has 32 heavy (non-hydrogen) atoms. The highest BCUT2D eigenvalue weighted by molar-refractivity contribution is 7.89. The molecule has 0 aromatic heterocycles. The van der Waals surface area contributed by atoms with Gasteiger partial charge < -0.3 is 14.8 Å². The molecule has 0 saturated carbocycles. The summed E-state index contributed by atoms with van der Waals surface area (Å²) >= 11 is 6.04. The van der Waals surface area contributed by atoms with Crippen molar-refractivity contribution in [1.82, 2.24) is 4.31 Å². The minimum Gasteiger partial charge on any atom is -0.495 e. The first-order chi connectivity index (χ1) is 15.2. The highest BCUT2D eigenvalue weighted by Crippen LogP contribution is 2.28. The van der Waals surface area contributed by atoms with Gasteiger partial charge in [0.15, 0.2) is 6.61 Å². The SMILES string of the molecule is COc1ccc(NC(=O)COC(=O)C2CCCCN2S(=O)(=O)c2ccc(C)cc2)cc1Cl. The van der Waals surface area contributed by atoms with E-state index in [1.165, 1.54) is 29.6 Å². The van der Waals surface area contributed by atoms with Crippen LogP contribution >= 0.6 is 11.6 Å².